The molecule has 2 aromatic carbocycles. The van der Waals surface area contributed by atoms with Gasteiger partial charge in [-0.15, -0.1) is 0 Å². The Hall–Kier alpha value is -2.78. The van der Waals surface area contributed by atoms with Gasteiger partial charge in [0, 0.05) is 19.7 Å². The van der Waals surface area contributed by atoms with Gasteiger partial charge >= 0.3 is 0 Å². The van der Waals surface area contributed by atoms with Gasteiger partial charge in [0.2, 0.25) is 15.9 Å². The normalized spacial score (nSPS) is 11.2. The molecule has 0 fully saturated rings. The number of anilines is 1. The molecule has 2 rings (SSSR count). The molecule has 0 saturated heterocycles. The lowest BCUT2D eigenvalue weighted by molar-refractivity contribution is -0.115. The molecule has 0 unspecified atom stereocenters. The van der Waals surface area contributed by atoms with Crippen LogP contribution in [0.3, 0.4) is 0 Å². The topological polar surface area (TPSA) is 95.6 Å². The Labute approximate surface area is 150 Å². The van der Waals surface area contributed by atoms with E-state index in [0.29, 0.717) is 0 Å². The van der Waals surface area contributed by atoms with Gasteiger partial charge in [-0.05, 0) is 30.3 Å². The van der Waals surface area contributed by atoms with Gasteiger partial charge in [-0.1, -0.05) is 18.2 Å². The van der Waals surface area contributed by atoms with Crippen LogP contribution in [0.2, 0.25) is 0 Å². The molecule has 0 saturated carbocycles. The van der Waals surface area contributed by atoms with E-state index >= 15 is 0 Å². The molecule has 0 aromatic heterocycles. The zero-order chi connectivity index (χ0) is 19.3. The number of benzene rings is 2. The molecule has 2 amide bonds. The third kappa shape index (κ3) is 4.64. The number of amides is 2. The van der Waals surface area contributed by atoms with Gasteiger partial charge < -0.3 is 10.6 Å². The summed E-state index contributed by atoms with van der Waals surface area (Å²) >= 11 is 0. The first-order chi connectivity index (χ1) is 12.2. The molecule has 0 radical (unpaired) electrons. The van der Waals surface area contributed by atoms with Crippen LogP contribution >= 0.6 is 0 Å². The number of nitrogens with zero attached hydrogens (tertiary/aromatic N) is 1. The van der Waals surface area contributed by atoms with Crippen LogP contribution in [0.25, 0.3) is 0 Å². The summed E-state index contributed by atoms with van der Waals surface area (Å²) in [5.74, 6) is -1.82. The van der Waals surface area contributed by atoms with Gasteiger partial charge in [-0.3, -0.25) is 9.59 Å². The average molecular weight is 379 g/mol. The van der Waals surface area contributed by atoms with E-state index in [1.54, 1.807) is 6.07 Å². The van der Waals surface area contributed by atoms with E-state index in [1.165, 1.54) is 56.6 Å². The largest absolute Gasteiger partial charge is 0.343 e. The number of rotatable bonds is 6. The van der Waals surface area contributed by atoms with E-state index in [-0.39, 0.29) is 16.1 Å². The fourth-order valence-electron chi connectivity index (χ4n) is 2.03. The van der Waals surface area contributed by atoms with E-state index in [4.69, 9.17) is 0 Å². The van der Waals surface area contributed by atoms with E-state index in [9.17, 15) is 22.4 Å². The van der Waals surface area contributed by atoms with Gasteiger partial charge in [0.1, 0.15) is 5.82 Å². The highest BCUT2D eigenvalue weighted by atomic mass is 32.2. The molecule has 0 bridgehead atoms. The second kappa shape index (κ2) is 8.07. The van der Waals surface area contributed by atoms with Crippen molar-refractivity contribution in [1.82, 2.24) is 9.62 Å². The summed E-state index contributed by atoms with van der Waals surface area (Å²) in [6.07, 6.45) is 0. The second-order valence-corrected chi connectivity index (χ2v) is 7.68. The molecule has 138 valence electrons. The summed E-state index contributed by atoms with van der Waals surface area (Å²) in [5.41, 5.74) is 0.0949. The maximum atomic E-state index is 13.5. The Kier molecular flexibility index (Phi) is 6.06. The van der Waals surface area contributed by atoms with Crippen LogP contribution in [0.15, 0.2) is 53.4 Å². The van der Waals surface area contributed by atoms with Crippen LogP contribution in [-0.2, 0) is 14.8 Å². The van der Waals surface area contributed by atoms with Crippen molar-refractivity contribution in [1.29, 1.82) is 0 Å². The Morgan fingerprint density at radius 3 is 2.42 bits per heavy atom. The number of carbonyl (C=O) groups is 2. The first kappa shape index (κ1) is 19.5. The fraction of sp³-hybridized carbons (Fsp3) is 0.176. The van der Waals surface area contributed by atoms with Gasteiger partial charge in [-0.2, -0.15) is 0 Å². The predicted octanol–water partition coefficient (Wildman–Crippen LogP) is 1.44. The number of sulfonamides is 1. The quantitative estimate of drug-likeness (QED) is 0.794. The minimum Gasteiger partial charge on any atom is -0.343 e. The highest BCUT2D eigenvalue weighted by molar-refractivity contribution is 7.89. The molecule has 26 heavy (non-hydrogen) atoms. The number of halogens is 1. The highest BCUT2D eigenvalue weighted by Gasteiger charge is 2.19. The molecule has 0 atom stereocenters. The third-order valence-corrected chi connectivity index (χ3v) is 5.24. The fourth-order valence-corrected chi connectivity index (χ4v) is 2.98. The Bertz CT molecular complexity index is 929. The zero-order valence-corrected chi connectivity index (χ0v) is 15.0. The summed E-state index contributed by atoms with van der Waals surface area (Å²) < 4.78 is 38.7. The van der Waals surface area contributed by atoms with Crippen molar-refractivity contribution in [3.05, 3.63) is 59.9 Å². The first-order valence-corrected chi connectivity index (χ1v) is 9.01. The van der Waals surface area contributed by atoms with E-state index in [2.05, 4.69) is 10.6 Å². The van der Waals surface area contributed by atoms with Crippen LogP contribution in [0, 0.1) is 5.82 Å². The number of nitrogens with one attached hydrogen (secondary N) is 2. The van der Waals surface area contributed by atoms with Crippen LogP contribution in [-0.4, -0.2) is 45.2 Å². The molecule has 0 heterocycles. The lowest BCUT2D eigenvalue weighted by Crippen LogP contribution is -2.33. The SMILES string of the molecule is CN(C)S(=O)(=O)c1cccc(C(=O)NCC(=O)Nc2ccccc2F)c1. The summed E-state index contributed by atoms with van der Waals surface area (Å²) in [7, 11) is -0.909. The van der Waals surface area contributed by atoms with Crippen LogP contribution < -0.4 is 10.6 Å². The van der Waals surface area contributed by atoms with E-state index < -0.39 is 34.2 Å². The monoisotopic (exact) mass is 379 g/mol. The lowest BCUT2D eigenvalue weighted by Gasteiger charge is -2.12. The minimum atomic E-state index is -3.68. The van der Waals surface area contributed by atoms with Gasteiger partial charge in [0.15, 0.2) is 0 Å². The Morgan fingerprint density at radius 1 is 1.08 bits per heavy atom. The molecule has 2 aromatic rings. The molecular weight excluding hydrogens is 361 g/mol. The minimum absolute atomic E-state index is 0.00539. The van der Waals surface area contributed by atoms with Crippen molar-refractivity contribution in [2.75, 3.05) is 26.0 Å². The van der Waals surface area contributed by atoms with Crippen molar-refractivity contribution in [3.8, 4) is 0 Å². The second-order valence-electron chi connectivity index (χ2n) is 5.53. The molecule has 7 nitrogen and oxygen atoms in total. The Morgan fingerprint density at radius 2 is 1.77 bits per heavy atom. The number of hydrogen-bond acceptors (Lipinski definition) is 4. The number of hydrogen-bond donors (Lipinski definition) is 2. The van der Waals surface area contributed by atoms with Gasteiger partial charge in [0.05, 0.1) is 17.1 Å². The molecular formula is C17H18FN3O4S. The van der Waals surface area contributed by atoms with Crippen LogP contribution in [0.4, 0.5) is 10.1 Å². The Balaban J connectivity index is 2.02. The molecule has 0 aliphatic carbocycles. The lowest BCUT2D eigenvalue weighted by atomic mass is 10.2. The van der Waals surface area contributed by atoms with Crippen molar-refractivity contribution in [3.63, 3.8) is 0 Å². The summed E-state index contributed by atoms with van der Waals surface area (Å²) in [4.78, 5) is 23.9. The molecule has 0 aliphatic heterocycles. The summed E-state index contributed by atoms with van der Waals surface area (Å²) in [6.45, 7) is -0.391. The van der Waals surface area contributed by atoms with Crippen LogP contribution in [0.1, 0.15) is 10.4 Å². The van der Waals surface area contributed by atoms with Crippen molar-refractivity contribution >= 4 is 27.5 Å². The molecule has 9 heteroatoms. The molecule has 0 spiro atoms. The molecule has 0 aliphatic rings. The first-order valence-electron chi connectivity index (χ1n) is 7.57. The summed E-state index contributed by atoms with van der Waals surface area (Å²) in [5, 5.41) is 4.70. The summed E-state index contributed by atoms with van der Waals surface area (Å²) in [6, 6.07) is 11.1. The highest BCUT2D eigenvalue weighted by Crippen LogP contribution is 2.15. The standard InChI is InChI=1S/C17H18FN3O4S/c1-21(2)26(24,25)13-7-5-6-12(10-13)17(23)19-11-16(22)20-15-9-4-3-8-14(15)18/h3-10H,11H2,1-2H3,(H,19,23)(H,20,22). The van der Waals surface area contributed by atoms with Crippen molar-refractivity contribution in [2.45, 2.75) is 4.90 Å². The predicted molar refractivity (Wildman–Crippen MR) is 94.7 cm³/mol. The maximum absolute atomic E-state index is 13.5. The number of para-hydroxylation sites is 1. The zero-order valence-electron chi connectivity index (χ0n) is 14.2. The van der Waals surface area contributed by atoms with E-state index in [1.807, 2.05) is 0 Å². The van der Waals surface area contributed by atoms with Crippen molar-refractivity contribution in [2.24, 2.45) is 0 Å². The van der Waals surface area contributed by atoms with Crippen LogP contribution in [0.5, 0.6) is 0 Å². The average Bonchev–Trinajstić information content (AvgIpc) is 2.61. The van der Waals surface area contributed by atoms with E-state index in [0.717, 1.165) is 4.31 Å². The maximum Gasteiger partial charge on any atom is 0.251 e. The number of carbonyl (C=O) groups excluding carboxylic acids is 2. The van der Waals surface area contributed by atoms with Gasteiger partial charge in [-0.25, -0.2) is 17.1 Å². The van der Waals surface area contributed by atoms with Gasteiger partial charge in [0.25, 0.3) is 5.91 Å². The third-order valence-electron chi connectivity index (χ3n) is 3.43. The van der Waals surface area contributed by atoms with Crippen molar-refractivity contribution < 1.29 is 22.4 Å². The molecule has 2 N–H and O–H groups in total. The smallest absolute Gasteiger partial charge is 0.251 e.